The van der Waals surface area contributed by atoms with Crippen molar-refractivity contribution in [2.45, 2.75) is 418 Å². The molecule has 17 nitrogen and oxygen atoms in total. The Morgan fingerprint density at radius 3 is 0.714 bits per heavy atom. The van der Waals surface area contributed by atoms with E-state index < -0.39 is 97.5 Å². The van der Waals surface area contributed by atoms with Crippen LogP contribution in [0.3, 0.4) is 0 Å². The van der Waals surface area contributed by atoms with Gasteiger partial charge in [0.15, 0.2) is 12.2 Å². The minimum absolute atomic E-state index is 0.0941. The third-order valence-corrected chi connectivity index (χ3v) is 19.8. The average Bonchev–Trinajstić information content (AvgIpc) is 1.05. The van der Waals surface area contributed by atoms with Crippen molar-refractivity contribution in [2.75, 3.05) is 39.6 Å². The van der Waals surface area contributed by atoms with Gasteiger partial charge in [-0.2, -0.15) is 0 Å². The molecular weight excluding hydrogens is 1280 g/mol. The highest BCUT2D eigenvalue weighted by molar-refractivity contribution is 7.47. The number of ether oxygens (including phenoxy) is 4. The molecule has 0 aromatic heterocycles. The fraction of sp³-hybridized carbons (Fsp3) is 0.899. The van der Waals surface area contributed by atoms with Crippen molar-refractivity contribution in [2.24, 2.45) is 0 Å². The van der Waals surface area contributed by atoms with Crippen molar-refractivity contribution in [1.29, 1.82) is 0 Å². The summed E-state index contributed by atoms with van der Waals surface area (Å²) < 4.78 is 68.6. The van der Waals surface area contributed by atoms with Gasteiger partial charge in [-0.25, -0.2) is 9.13 Å². The van der Waals surface area contributed by atoms with Crippen LogP contribution < -0.4 is 0 Å². The predicted octanol–water partition coefficient (Wildman–Crippen LogP) is 23.3. The normalized spacial score (nSPS) is 14.0. The number of esters is 4. The van der Waals surface area contributed by atoms with Crippen LogP contribution in [0, 0.1) is 0 Å². The van der Waals surface area contributed by atoms with Crippen molar-refractivity contribution in [1.82, 2.24) is 0 Å². The Labute approximate surface area is 599 Å². The van der Waals surface area contributed by atoms with Gasteiger partial charge in [0, 0.05) is 25.7 Å². The molecule has 0 aromatic rings. The summed E-state index contributed by atoms with van der Waals surface area (Å²) >= 11 is 0. The zero-order valence-electron chi connectivity index (χ0n) is 63.2. The Morgan fingerprint density at radius 2 is 0.469 bits per heavy atom. The van der Waals surface area contributed by atoms with E-state index in [9.17, 15) is 43.2 Å². The van der Waals surface area contributed by atoms with Gasteiger partial charge in [0.25, 0.3) is 0 Å². The number of rotatable bonds is 78. The minimum Gasteiger partial charge on any atom is -0.462 e. The lowest BCUT2D eigenvalue weighted by Crippen LogP contribution is -2.30. The van der Waals surface area contributed by atoms with Gasteiger partial charge in [0.1, 0.15) is 19.3 Å². The Bertz CT molecular complexity index is 1950. The second-order valence-electron chi connectivity index (χ2n) is 27.7. The van der Waals surface area contributed by atoms with Crippen LogP contribution in [0.4, 0.5) is 0 Å². The van der Waals surface area contributed by atoms with Gasteiger partial charge in [-0.3, -0.25) is 37.3 Å². The highest BCUT2D eigenvalue weighted by atomic mass is 31.2. The molecule has 3 N–H and O–H groups in total. The average molecular weight is 1430 g/mol. The first kappa shape index (κ1) is 95.5. The Hall–Kier alpha value is -2.46. The molecule has 0 heterocycles. The summed E-state index contributed by atoms with van der Waals surface area (Å²) in [6.07, 6.45) is 67.2. The molecule has 0 aromatic carbocycles. The number of hydrogen-bond acceptors (Lipinski definition) is 15. The van der Waals surface area contributed by atoms with Crippen molar-refractivity contribution in [3.05, 3.63) is 24.3 Å². The van der Waals surface area contributed by atoms with Gasteiger partial charge in [0.05, 0.1) is 26.4 Å². The third-order valence-electron chi connectivity index (χ3n) is 17.9. The van der Waals surface area contributed by atoms with Crippen LogP contribution in [0.15, 0.2) is 24.3 Å². The summed E-state index contributed by atoms with van der Waals surface area (Å²) in [5, 5.41) is 10.6. The van der Waals surface area contributed by atoms with E-state index >= 15 is 0 Å². The number of phosphoric acid groups is 2. The summed E-state index contributed by atoms with van der Waals surface area (Å²) in [6.45, 7) is 4.96. The molecule has 0 saturated carbocycles. The second kappa shape index (κ2) is 72.9. The van der Waals surface area contributed by atoms with Crippen LogP contribution >= 0.6 is 15.6 Å². The molecular formula is C79H150O17P2. The van der Waals surface area contributed by atoms with Crippen LogP contribution in [-0.2, 0) is 65.4 Å². The van der Waals surface area contributed by atoms with Crippen LogP contribution in [0.25, 0.3) is 0 Å². The van der Waals surface area contributed by atoms with E-state index in [-0.39, 0.29) is 25.7 Å². The summed E-state index contributed by atoms with van der Waals surface area (Å²) in [5.74, 6) is -2.14. The van der Waals surface area contributed by atoms with E-state index in [0.29, 0.717) is 25.7 Å². The van der Waals surface area contributed by atoms with Gasteiger partial charge in [-0.05, 0) is 77.0 Å². The number of aliphatic hydroxyl groups excluding tert-OH is 1. The molecule has 5 atom stereocenters. The van der Waals surface area contributed by atoms with Gasteiger partial charge < -0.3 is 33.8 Å². The molecule has 0 rings (SSSR count). The standard InChI is InChI=1S/C79H150O17P2/c1-5-9-13-17-21-25-29-33-36-40-44-48-52-56-60-64-77(82)90-70-75(96-79(84)66-62-58-54-50-46-42-38-35-31-27-23-19-15-11-7-3)72-94-98(87,88)92-68-73(80)67-91-97(85,86)93-71-74(69-89-76(81)63-59-55-51-47-43-39-32-28-24-20-16-12-8-4)95-78(83)65-61-57-53-49-45-41-37-34-30-26-22-18-14-10-6-2/h26,30,35,38,73-75,80H,5-25,27-29,31-34,36-37,39-72H2,1-4H3,(H,85,86)(H,87,88)/b30-26-,38-35-/t73-,74+,75+/m0/s1. The number of carbonyl (C=O) groups is 4. The van der Waals surface area contributed by atoms with E-state index in [4.69, 9.17) is 37.0 Å². The zero-order valence-corrected chi connectivity index (χ0v) is 65.0. The SMILES string of the molecule is CCCCCC/C=C\CCCCCCCCCC(=O)O[C@H](COC(=O)CCCCCCCCCCCCCCC)COP(=O)(O)OC[C@H](O)COP(=O)(O)OC[C@@H](COC(=O)CCCCCCCCCCCCCCCCC)OC(=O)CCCCCCC/C=C\CCCCCCCC. The highest BCUT2D eigenvalue weighted by Crippen LogP contribution is 2.45. The number of aliphatic hydroxyl groups is 1. The molecule has 0 aliphatic carbocycles. The quantitative estimate of drug-likeness (QED) is 0.0169. The van der Waals surface area contributed by atoms with Gasteiger partial charge in [-0.1, -0.05) is 322 Å². The van der Waals surface area contributed by atoms with Crippen LogP contribution in [0.2, 0.25) is 0 Å². The van der Waals surface area contributed by atoms with Gasteiger partial charge in [-0.15, -0.1) is 0 Å². The van der Waals surface area contributed by atoms with Gasteiger partial charge >= 0.3 is 39.5 Å². The fourth-order valence-electron chi connectivity index (χ4n) is 11.7. The maximum Gasteiger partial charge on any atom is 0.472 e. The van der Waals surface area contributed by atoms with E-state index in [0.717, 1.165) is 128 Å². The molecule has 0 fully saturated rings. The lowest BCUT2D eigenvalue weighted by atomic mass is 10.0. The maximum absolute atomic E-state index is 13.1. The van der Waals surface area contributed by atoms with Crippen molar-refractivity contribution in [3.8, 4) is 0 Å². The predicted molar refractivity (Wildman–Crippen MR) is 400 cm³/mol. The van der Waals surface area contributed by atoms with E-state index in [1.54, 1.807) is 0 Å². The second-order valence-corrected chi connectivity index (χ2v) is 30.6. The molecule has 0 bridgehead atoms. The van der Waals surface area contributed by atoms with E-state index in [1.165, 1.54) is 193 Å². The number of hydrogen-bond donors (Lipinski definition) is 3. The fourth-order valence-corrected chi connectivity index (χ4v) is 13.3. The van der Waals surface area contributed by atoms with Crippen molar-refractivity contribution >= 4 is 39.5 Å². The van der Waals surface area contributed by atoms with Crippen LogP contribution in [0.1, 0.15) is 400 Å². The molecule has 0 saturated heterocycles. The maximum atomic E-state index is 13.1. The first-order valence-electron chi connectivity index (χ1n) is 40.6. The summed E-state index contributed by atoms with van der Waals surface area (Å²) in [5.41, 5.74) is 0. The van der Waals surface area contributed by atoms with Crippen molar-refractivity contribution < 1.29 is 80.2 Å². The number of allylic oxidation sites excluding steroid dienone is 4. The number of phosphoric ester groups is 2. The molecule has 0 aliphatic heterocycles. The Morgan fingerprint density at radius 1 is 0.276 bits per heavy atom. The molecule has 98 heavy (non-hydrogen) atoms. The molecule has 578 valence electrons. The first-order chi connectivity index (χ1) is 47.7. The van der Waals surface area contributed by atoms with Crippen molar-refractivity contribution in [3.63, 3.8) is 0 Å². The summed E-state index contributed by atoms with van der Waals surface area (Å²) in [6, 6.07) is 0. The Balaban J connectivity index is 5.30. The largest absolute Gasteiger partial charge is 0.472 e. The van der Waals surface area contributed by atoms with Crippen LogP contribution in [0.5, 0.6) is 0 Å². The number of carbonyl (C=O) groups excluding carboxylic acids is 4. The summed E-state index contributed by atoms with van der Waals surface area (Å²) in [7, 11) is -9.93. The molecule has 0 aliphatic rings. The lowest BCUT2D eigenvalue weighted by Gasteiger charge is -2.21. The monoisotopic (exact) mass is 1430 g/mol. The third kappa shape index (κ3) is 71.9. The first-order valence-corrected chi connectivity index (χ1v) is 43.6. The van der Waals surface area contributed by atoms with Gasteiger partial charge in [0.2, 0.25) is 0 Å². The molecule has 0 radical (unpaired) electrons. The van der Waals surface area contributed by atoms with E-state index in [1.807, 2.05) is 0 Å². The summed E-state index contributed by atoms with van der Waals surface area (Å²) in [4.78, 5) is 73.0. The smallest absolute Gasteiger partial charge is 0.462 e. The topological polar surface area (TPSA) is 237 Å². The Kier molecular flexibility index (Phi) is 71.0. The highest BCUT2D eigenvalue weighted by Gasteiger charge is 2.30. The molecule has 0 spiro atoms. The molecule has 19 heteroatoms. The van der Waals surface area contributed by atoms with E-state index in [2.05, 4.69) is 52.0 Å². The lowest BCUT2D eigenvalue weighted by molar-refractivity contribution is -0.161. The minimum atomic E-state index is -4.96. The zero-order chi connectivity index (χ0) is 71.8. The molecule has 2 unspecified atom stereocenters. The molecule has 0 amide bonds. The van der Waals surface area contributed by atoms with Crippen LogP contribution in [-0.4, -0.2) is 96.7 Å². The number of unbranched alkanes of at least 4 members (excludes halogenated alkanes) is 48.